The zero-order chi connectivity index (χ0) is 40.5. The molecule has 0 spiro atoms. The SMILES string of the molecule is Cc1ccccc1-c1cc(NC(=O)c2cc(F)c(OC3CCN(C(=O)O)C3C(C)(C)C)c(-c3ccc(F)cc3)c2)ccc1OC1CCN(C(=O)OC(C)(C)C)C1. The smallest absolute Gasteiger partial charge is 0.410 e. The zero-order valence-corrected chi connectivity index (χ0v) is 32.8. The second kappa shape index (κ2) is 15.8. The summed E-state index contributed by atoms with van der Waals surface area (Å²) in [5.41, 5.74) is 2.50. The van der Waals surface area contributed by atoms with Gasteiger partial charge in [0, 0.05) is 48.3 Å². The van der Waals surface area contributed by atoms with Crippen LogP contribution in [0.5, 0.6) is 11.5 Å². The minimum atomic E-state index is -1.09. The maximum atomic E-state index is 16.3. The Kier molecular flexibility index (Phi) is 11.3. The first-order valence-corrected chi connectivity index (χ1v) is 18.8. The van der Waals surface area contributed by atoms with Crippen LogP contribution in [-0.4, -0.2) is 76.5 Å². The van der Waals surface area contributed by atoms with E-state index < -0.39 is 52.9 Å². The topological polar surface area (TPSA) is 118 Å². The molecule has 0 radical (unpaired) electrons. The van der Waals surface area contributed by atoms with Crippen LogP contribution in [0.1, 0.15) is 70.3 Å². The highest BCUT2D eigenvalue weighted by atomic mass is 19.1. The van der Waals surface area contributed by atoms with E-state index in [1.807, 2.05) is 72.7 Å². The van der Waals surface area contributed by atoms with Crippen LogP contribution in [0.2, 0.25) is 0 Å². The first-order chi connectivity index (χ1) is 26.4. The molecule has 3 atom stereocenters. The van der Waals surface area contributed by atoms with E-state index in [0.717, 1.165) is 22.8 Å². The lowest BCUT2D eigenvalue weighted by Gasteiger charge is -2.37. The summed E-state index contributed by atoms with van der Waals surface area (Å²) in [6, 6.07) is 20.5. The third-order valence-electron chi connectivity index (χ3n) is 9.97. The van der Waals surface area contributed by atoms with Gasteiger partial charge in [0.25, 0.3) is 5.91 Å². The Bertz CT molecular complexity index is 2110. The highest BCUT2D eigenvalue weighted by Crippen LogP contribution is 2.41. The van der Waals surface area contributed by atoms with Crippen LogP contribution < -0.4 is 14.8 Å². The summed E-state index contributed by atoms with van der Waals surface area (Å²) in [7, 11) is 0. The molecule has 0 aliphatic carbocycles. The van der Waals surface area contributed by atoms with Crippen LogP contribution >= 0.6 is 0 Å². The van der Waals surface area contributed by atoms with Gasteiger partial charge in [-0.1, -0.05) is 57.2 Å². The number of benzene rings is 4. The number of carboxylic acid groups (broad SMARTS) is 1. The quantitative estimate of drug-likeness (QED) is 0.183. The number of aryl methyl sites for hydroxylation is 1. The summed E-state index contributed by atoms with van der Waals surface area (Å²) in [6.45, 7) is 14.2. The maximum Gasteiger partial charge on any atom is 0.410 e. The van der Waals surface area contributed by atoms with Crippen LogP contribution in [0.15, 0.2) is 78.9 Å². The largest absolute Gasteiger partial charge is 0.488 e. The molecular weight excluding hydrogens is 720 g/mol. The van der Waals surface area contributed by atoms with Gasteiger partial charge in [-0.25, -0.2) is 18.4 Å². The van der Waals surface area contributed by atoms with Crippen molar-refractivity contribution in [2.75, 3.05) is 25.0 Å². The average molecular weight is 770 g/mol. The summed E-state index contributed by atoms with van der Waals surface area (Å²) >= 11 is 0. The number of amides is 3. The summed E-state index contributed by atoms with van der Waals surface area (Å²) in [6.07, 6.45) is -1.49. The second-order valence-electron chi connectivity index (χ2n) is 16.5. The lowest BCUT2D eigenvalue weighted by Crippen LogP contribution is -2.48. The molecule has 2 N–H and O–H groups in total. The van der Waals surface area contributed by atoms with Gasteiger partial charge in [0.2, 0.25) is 0 Å². The van der Waals surface area contributed by atoms with Crippen molar-refractivity contribution in [1.29, 1.82) is 0 Å². The molecular formula is C44H49F2N3O7. The molecule has 2 fully saturated rings. The Balaban J connectivity index is 1.29. The molecule has 6 rings (SSSR count). The summed E-state index contributed by atoms with van der Waals surface area (Å²) in [4.78, 5) is 41.7. The van der Waals surface area contributed by atoms with Gasteiger partial charge in [-0.05, 0) is 92.3 Å². The third-order valence-corrected chi connectivity index (χ3v) is 9.97. The minimum absolute atomic E-state index is 0.00825. The molecule has 4 aromatic rings. The van der Waals surface area contributed by atoms with Crippen molar-refractivity contribution in [3.8, 4) is 33.8 Å². The molecule has 10 nitrogen and oxygen atoms in total. The summed E-state index contributed by atoms with van der Waals surface area (Å²) < 4.78 is 48.7. The number of hydrogen-bond acceptors (Lipinski definition) is 6. The number of ether oxygens (including phenoxy) is 3. The predicted molar refractivity (Wildman–Crippen MR) is 210 cm³/mol. The fourth-order valence-electron chi connectivity index (χ4n) is 7.46. The fourth-order valence-corrected chi connectivity index (χ4v) is 7.46. The van der Waals surface area contributed by atoms with E-state index >= 15 is 4.39 Å². The normalized spacial score (nSPS) is 18.5. The summed E-state index contributed by atoms with van der Waals surface area (Å²) in [5.74, 6) is -1.49. The number of nitrogens with one attached hydrogen (secondary N) is 1. The molecule has 2 aliphatic heterocycles. The Labute approximate surface area is 326 Å². The van der Waals surface area contributed by atoms with Gasteiger partial charge in [-0.3, -0.25) is 4.79 Å². The number of likely N-dealkylation sites (tertiary alicyclic amines) is 2. The van der Waals surface area contributed by atoms with Crippen LogP contribution in [-0.2, 0) is 4.74 Å². The minimum Gasteiger partial charge on any atom is -0.488 e. The standard InChI is InChI=1S/C44H49F2N3O7/c1-26-10-8-9-11-32(26)34-24-30(16-17-36(34)54-31-18-20-48(25-31)42(53)56-44(5,6)7)47-40(50)28-22-33(27-12-14-29(45)15-13-27)38(35(46)23-28)55-37-19-21-49(41(51)52)39(37)43(2,3)4/h8-17,22-24,31,37,39H,18-21,25H2,1-7H3,(H,47,50)(H,51,52). The Morgan fingerprint density at radius 2 is 1.54 bits per heavy atom. The van der Waals surface area contributed by atoms with Crippen LogP contribution in [0, 0.1) is 24.0 Å². The van der Waals surface area contributed by atoms with E-state index in [0.29, 0.717) is 42.9 Å². The van der Waals surface area contributed by atoms with E-state index in [1.165, 1.54) is 35.2 Å². The third kappa shape index (κ3) is 9.07. The molecule has 12 heteroatoms. The lowest BCUT2D eigenvalue weighted by atomic mass is 9.83. The molecule has 3 amide bonds. The maximum absolute atomic E-state index is 16.3. The Morgan fingerprint density at radius 3 is 2.20 bits per heavy atom. The molecule has 0 bridgehead atoms. The van der Waals surface area contributed by atoms with Gasteiger partial charge in [-0.15, -0.1) is 0 Å². The molecule has 4 aromatic carbocycles. The number of hydrogen-bond donors (Lipinski definition) is 2. The van der Waals surface area contributed by atoms with E-state index in [2.05, 4.69) is 5.32 Å². The molecule has 3 unspecified atom stereocenters. The highest BCUT2D eigenvalue weighted by Gasteiger charge is 2.46. The van der Waals surface area contributed by atoms with Gasteiger partial charge in [0.1, 0.15) is 29.4 Å². The monoisotopic (exact) mass is 769 g/mol. The summed E-state index contributed by atoms with van der Waals surface area (Å²) in [5, 5.41) is 12.8. The van der Waals surface area contributed by atoms with Gasteiger partial charge in [0.15, 0.2) is 11.6 Å². The van der Waals surface area contributed by atoms with Crippen LogP contribution in [0.4, 0.5) is 24.1 Å². The van der Waals surface area contributed by atoms with Crippen molar-refractivity contribution in [1.82, 2.24) is 9.80 Å². The van der Waals surface area contributed by atoms with Crippen molar-refractivity contribution in [3.63, 3.8) is 0 Å². The van der Waals surface area contributed by atoms with Crippen molar-refractivity contribution in [2.45, 2.75) is 85.2 Å². The highest BCUT2D eigenvalue weighted by molar-refractivity contribution is 6.05. The van der Waals surface area contributed by atoms with Gasteiger partial charge in [-0.2, -0.15) is 0 Å². The number of halogens is 2. The Hall–Kier alpha value is -5.65. The van der Waals surface area contributed by atoms with E-state index in [9.17, 15) is 23.9 Å². The van der Waals surface area contributed by atoms with Crippen molar-refractivity contribution >= 4 is 23.8 Å². The molecule has 2 aliphatic rings. The van der Waals surface area contributed by atoms with E-state index in [4.69, 9.17) is 14.2 Å². The number of carbonyl (C=O) groups excluding carboxylic acids is 2. The van der Waals surface area contributed by atoms with Gasteiger partial charge in [0.05, 0.1) is 12.6 Å². The van der Waals surface area contributed by atoms with E-state index in [1.54, 1.807) is 23.1 Å². The molecule has 0 saturated carbocycles. The molecule has 2 heterocycles. The van der Waals surface area contributed by atoms with Crippen LogP contribution in [0.25, 0.3) is 22.3 Å². The van der Waals surface area contributed by atoms with Crippen molar-refractivity contribution < 1.29 is 42.5 Å². The first kappa shape index (κ1) is 40.0. The zero-order valence-electron chi connectivity index (χ0n) is 32.8. The number of anilines is 1. The lowest BCUT2D eigenvalue weighted by molar-refractivity contribution is 0.0275. The van der Waals surface area contributed by atoms with Gasteiger partial charge < -0.3 is 34.4 Å². The number of rotatable bonds is 8. The average Bonchev–Trinajstić information content (AvgIpc) is 3.78. The van der Waals surface area contributed by atoms with Crippen LogP contribution in [0.3, 0.4) is 0 Å². The number of carbonyl (C=O) groups is 3. The second-order valence-corrected chi connectivity index (χ2v) is 16.5. The predicted octanol–water partition coefficient (Wildman–Crippen LogP) is 9.79. The molecule has 0 aromatic heterocycles. The van der Waals surface area contributed by atoms with Crippen molar-refractivity contribution in [3.05, 3.63) is 102 Å². The molecule has 56 heavy (non-hydrogen) atoms. The molecule has 296 valence electrons. The molecule has 2 saturated heterocycles. The fraction of sp³-hybridized carbons (Fsp3) is 0.386. The Morgan fingerprint density at radius 1 is 0.821 bits per heavy atom. The van der Waals surface area contributed by atoms with Crippen molar-refractivity contribution in [2.24, 2.45) is 5.41 Å². The van der Waals surface area contributed by atoms with Gasteiger partial charge >= 0.3 is 12.2 Å². The first-order valence-electron chi connectivity index (χ1n) is 18.8. The number of nitrogens with zero attached hydrogens (tertiary/aromatic N) is 2. The van der Waals surface area contributed by atoms with E-state index in [-0.39, 0.29) is 29.5 Å².